The zero-order chi connectivity index (χ0) is 14.3. The molecule has 5 heteroatoms. The minimum atomic E-state index is -0.395. The predicted octanol–water partition coefficient (Wildman–Crippen LogP) is 3.27. The number of halogens is 1. The lowest BCUT2D eigenvalue weighted by Crippen LogP contribution is -2.20. The van der Waals surface area contributed by atoms with Crippen LogP contribution in [0.2, 0.25) is 5.15 Å². The van der Waals surface area contributed by atoms with Gasteiger partial charge in [-0.25, -0.2) is 9.78 Å². The predicted molar refractivity (Wildman–Crippen MR) is 74.6 cm³/mol. The van der Waals surface area contributed by atoms with Crippen molar-refractivity contribution < 1.29 is 14.3 Å². The third-order valence-corrected chi connectivity index (χ3v) is 2.65. The van der Waals surface area contributed by atoms with Gasteiger partial charge in [-0.2, -0.15) is 0 Å². The Hall–Kier alpha value is -1.13. The molecule has 106 valence electrons. The molecule has 0 fully saturated rings. The maximum Gasteiger partial charge on any atom is 0.338 e. The van der Waals surface area contributed by atoms with Gasteiger partial charge in [0.15, 0.2) is 0 Å². The minimum Gasteiger partial charge on any atom is -0.457 e. The Balaban J connectivity index is 2.70. The summed E-state index contributed by atoms with van der Waals surface area (Å²) in [6.45, 7) is 6.73. The van der Waals surface area contributed by atoms with Crippen LogP contribution in [0.1, 0.15) is 43.2 Å². The van der Waals surface area contributed by atoms with Crippen LogP contribution >= 0.6 is 11.6 Å². The van der Waals surface area contributed by atoms with E-state index in [2.05, 4.69) is 4.98 Å². The molecule has 0 saturated carbocycles. The van der Waals surface area contributed by atoms with Crippen LogP contribution in [-0.4, -0.2) is 30.3 Å². The lowest BCUT2D eigenvalue weighted by Gasteiger charge is -2.13. The first-order chi connectivity index (χ1) is 9.06. The number of nitrogens with zero attached hydrogens (tertiary/aromatic N) is 1. The zero-order valence-electron chi connectivity index (χ0n) is 11.6. The van der Waals surface area contributed by atoms with Crippen molar-refractivity contribution in [3.63, 3.8) is 0 Å². The second kappa shape index (κ2) is 8.12. The van der Waals surface area contributed by atoms with Crippen LogP contribution in [0.5, 0.6) is 0 Å². The molecule has 0 aliphatic rings. The highest BCUT2D eigenvalue weighted by Crippen LogP contribution is 2.14. The monoisotopic (exact) mass is 285 g/mol. The maximum absolute atomic E-state index is 12.0. The molecule has 0 amide bonds. The lowest BCUT2D eigenvalue weighted by atomic mass is 10.1. The van der Waals surface area contributed by atoms with E-state index >= 15 is 0 Å². The Bertz CT molecular complexity index is 423. The fourth-order valence-electron chi connectivity index (χ4n) is 1.62. The molecule has 1 atom stereocenters. The van der Waals surface area contributed by atoms with Gasteiger partial charge in [0.1, 0.15) is 11.3 Å². The van der Waals surface area contributed by atoms with Gasteiger partial charge in [0.05, 0.1) is 12.2 Å². The van der Waals surface area contributed by atoms with E-state index in [-0.39, 0.29) is 6.10 Å². The van der Waals surface area contributed by atoms with Gasteiger partial charge in [-0.15, -0.1) is 0 Å². The molecule has 1 aromatic rings. The molecule has 0 aromatic carbocycles. The highest BCUT2D eigenvalue weighted by molar-refractivity contribution is 6.29. The molecule has 0 spiro atoms. The van der Waals surface area contributed by atoms with Gasteiger partial charge < -0.3 is 9.47 Å². The summed E-state index contributed by atoms with van der Waals surface area (Å²) in [5.41, 5.74) is 1.24. The molecule has 1 unspecified atom stereocenters. The van der Waals surface area contributed by atoms with Gasteiger partial charge in [0, 0.05) is 12.3 Å². The summed E-state index contributed by atoms with van der Waals surface area (Å²) in [6.07, 6.45) is 1.45. The lowest BCUT2D eigenvalue weighted by molar-refractivity contribution is 0.00437. The first-order valence-electron chi connectivity index (χ1n) is 6.52. The minimum absolute atomic E-state index is 0.283. The first kappa shape index (κ1) is 15.9. The molecule has 19 heavy (non-hydrogen) atoms. The topological polar surface area (TPSA) is 48.4 Å². The van der Waals surface area contributed by atoms with E-state index < -0.39 is 5.97 Å². The van der Waals surface area contributed by atoms with Gasteiger partial charge >= 0.3 is 5.97 Å². The van der Waals surface area contributed by atoms with Crippen molar-refractivity contribution in [2.24, 2.45) is 0 Å². The maximum atomic E-state index is 12.0. The van der Waals surface area contributed by atoms with Crippen molar-refractivity contribution >= 4 is 17.6 Å². The molecule has 1 aromatic heterocycles. The van der Waals surface area contributed by atoms with E-state index in [0.29, 0.717) is 23.9 Å². The fourth-order valence-corrected chi connectivity index (χ4v) is 1.85. The zero-order valence-corrected chi connectivity index (χ0v) is 12.4. The van der Waals surface area contributed by atoms with Crippen molar-refractivity contribution in [1.29, 1.82) is 0 Å². The number of aryl methyl sites for hydroxylation is 1. The number of hydrogen-bond donors (Lipinski definition) is 0. The number of carbonyl (C=O) groups excluding carboxylic acids is 1. The summed E-state index contributed by atoms with van der Waals surface area (Å²) in [7, 11) is 0. The number of ether oxygens (including phenoxy) is 2. The number of hydrogen-bond acceptors (Lipinski definition) is 4. The molecule has 0 aliphatic heterocycles. The van der Waals surface area contributed by atoms with Crippen molar-refractivity contribution in [2.75, 3.05) is 13.2 Å². The summed E-state index contributed by atoms with van der Waals surface area (Å²) in [5, 5.41) is 0.315. The number of carbonyl (C=O) groups is 1. The largest absolute Gasteiger partial charge is 0.457 e. The van der Waals surface area contributed by atoms with Crippen LogP contribution in [0.3, 0.4) is 0 Å². The number of aromatic nitrogens is 1. The van der Waals surface area contributed by atoms with Crippen molar-refractivity contribution in [3.8, 4) is 0 Å². The molecule has 4 nitrogen and oxygen atoms in total. The Kier molecular flexibility index (Phi) is 6.81. The van der Waals surface area contributed by atoms with E-state index in [1.165, 1.54) is 6.07 Å². The number of pyridine rings is 1. The molecule has 0 bridgehead atoms. The Morgan fingerprint density at radius 1 is 1.42 bits per heavy atom. The van der Waals surface area contributed by atoms with Gasteiger partial charge in [0.2, 0.25) is 0 Å². The van der Waals surface area contributed by atoms with Crippen LogP contribution in [-0.2, 0) is 15.9 Å². The van der Waals surface area contributed by atoms with E-state index in [9.17, 15) is 4.79 Å². The normalized spacial score (nSPS) is 12.2. The van der Waals surface area contributed by atoms with E-state index in [4.69, 9.17) is 21.1 Å². The molecular weight excluding hydrogens is 266 g/mol. The molecule has 0 aliphatic carbocycles. The van der Waals surface area contributed by atoms with Gasteiger partial charge in [0.25, 0.3) is 0 Å². The second-order valence-corrected chi connectivity index (χ2v) is 4.68. The first-order valence-corrected chi connectivity index (χ1v) is 6.89. The summed E-state index contributed by atoms with van der Waals surface area (Å²) < 4.78 is 10.5. The van der Waals surface area contributed by atoms with Crippen LogP contribution in [0.15, 0.2) is 12.1 Å². The van der Waals surface area contributed by atoms with Crippen LogP contribution in [0.25, 0.3) is 0 Å². The summed E-state index contributed by atoms with van der Waals surface area (Å²) in [6, 6.07) is 3.25. The van der Waals surface area contributed by atoms with Crippen molar-refractivity contribution in [1.82, 2.24) is 4.98 Å². The second-order valence-electron chi connectivity index (χ2n) is 4.30. The molecular formula is C14H20ClNO3. The molecule has 0 radical (unpaired) electrons. The average Bonchev–Trinajstić information content (AvgIpc) is 2.36. The summed E-state index contributed by atoms with van der Waals surface area (Å²) in [5.74, 6) is -0.395. The number of esters is 1. The van der Waals surface area contributed by atoms with Crippen LogP contribution < -0.4 is 0 Å². The van der Waals surface area contributed by atoms with Gasteiger partial charge in [-0.3, -0.25) is 0 Å². The third kappa shape index (κ3) is 5.57. The van der Waals surface area contributed by atoms with E-state index in [1.54, 1.807) is 13.0 Å². The quantitative estimate of drug-likeness (QED) is 0.570. The van der Waals surface area contributed by atoms with Gasteiger partial charge in [-0.1, -0.05) is 24.9 Å². The van der Waals surface area contributed by atoms with Crippen LogP contribution in [0.4, 0.5) is 0 Å². The van der Waals surface area contributed by atoms with E-state index in [0.717, 1.165) is 18.5 Å². The van der Waals surface area contributed by atoms with Crippen molar-refractivity contribution in [3.05, 3.63) is 28.5 Å². The molecule has 0 saturated heterocycles. The molecule has 0 N–H and O–H groups in total. The van der Waals surface area contributed by atoms with Gasteiger partial charge in [-0.05, 0) is 32.4 Å². The Morgan fingerprint density at radius 2 is 2.16 bits per heavy atom. The molecule has 1 heterocycles. The Labute approximate surface area is 119 Å². The smallest absolute Gasteiger partial charge is 0.338 e. The summed E-state index contributed by atoms with van der Waals surface area (Å²) >= 11 is 5.91. The standard InChI is InChI=1S/C14H20ClNO3/c1-4-6-12-7-11(8-13(15)16-12)14(17)19-10(3)9-18-5-2/h7-8,10H,4-6,9H2,1-3H3. The summed E-state index contributed by atoms with van der Waals surface area (Å²) in [4.78, 5) is 16.1. The van der Waals surface area contributed by atoms with Crippen LogP contribution in [0, 0.1) is 0 Å². The number of rotatable bonds is 7. The molecule has 1 rings (SSSR count). The Morgan fingerprint density at radius 3 is 2.79 bits per heavy atom. The highest BCUT2D eigenvalue weighted by atomic mass is 35.5. The average molecular weight is 286 g/mol. The van der Waals surface area contributed by atoms with Crippen molar-refractivity contribution in [2.45, 2.75) is 39.7 Å². The SMILES string of the molecule is CCCc1cc(C(=O)OC(C)COCC)cc(Cl)n1. The van der Waals surface area contributed by atoms with E-state index in [1.807, 2.05) is 13.8 Å². The third-order valence-electron chi connectivity index (χ3n) is 2.45. The fraction of sp³-hybridized carbons (Fsp3) is 0.571. The highest BCUT2D eigenvalue weighted by Gasteiger charge is 2.14.